The molecule has 0 heterocycles. The van der Waals surface area contributed by atoms with E-state index >= 15 is 0 Å². The van der Waals surface area contributed by atoms with Gasteiger partial charge in [0.25, 0.3) is 6.43 Å². The summed E-state index contributed by atoms with van der Waals surface area (Å²) in [6, 6.07) is 5.45. The van der Waals surface area contributed by atoms with Crippen LogP contribution in [-0.4, -0.2) is 20.1 Å². The van der Waals surface area contributed by atoms with Crippen molar-refractivity contribution in [1.29, 1.82) is 0 Å². The maximum absolute atomic E-state index is 11.9. The molecule has 1 rings (SSSR count). The fourth-order valence-corrected chi connectivity index (χ4v) is 1.52. The normalized spacial score (nSPS) is 10.7. The minimum Gasteiger partial charge on any atom is -0.497 e. The average molecular weight is 280 g/mol. The predicted octanol–water partition coefficient (Wildman–Crippen LogP) is 2.81. The molecule has 2 nitrogen and oxygen atoms in total. The van der Waals surface area contributed by atoms with E-state index in [2.05, 4.69) is 21.2 Å². The molecule has 0 radical (unpaired) electrons. The Kier molecular flexibility index (Phi) is 4.98. The van der Waals surface area contributed by atoms with Crippen LogP contribution in [0.5, 0.6) is 5.75 Å². The summed E-state index contributed by atoms with van der Waals surface area (Å²) in [5.74, 6) is 0.715. The Hall–Kier alpha value is -0.680. The fraction of sp³-hybridized carbons (Fsp3) is 0.400. The van der Waals surface area contributed by atoms with E-state index < -0.39 is 6.43 Å². The molecule has 1 aromatic carbocycles. The van der Waals surface area contributed by atoms with Gasteiger partial charge in [0.15, 0.2) is 0 Å². The number of hydrogen-bond acceptors (Lipinski definition) is 2. The highest BCUT2D eigenvalue weighted by Crippen LogP contribution is 2.22. The SMILES string of the molecule is COc1ccc(Br)c(CNCC(F)F)c1. The molecule has 84 valence electrons. The van der Waals surface area contributed by atoms with Crippen LogP contribution in [0.4, 0.5) is 8.78 Å². The zero-order valence-electron chi connectivity index (χ0n) is 8.27. The molecule has 0 saturated heterocycles. The van der Waals surface area contributed by atoms with Gasteiger partial charge in [-0.2, -0.15) is 0 Å². The lowest BCUT2D eigenvalue weighted by Gasteiger charge is -2.08. The largest absolute Gasteiger partial charge is 0.497 e. The van der Waals surface area contributed by atoms with Gasteiger partial charge in [0, 0.05) is 11.0 Å². The average Bonchev–Trinajstić information content (AvgIpc) is 2.20. The highest BCUT2D eigenvalue weighted by Gasteiger charge is 2.04. The molecule has 0 saturated carbocycles. The Balaban J connectivity index is 2.59. The standard InChI is InChI=1S/C10H12BrF2NO/c1-15-8-2-3-9(11)7(4-8)5-14-6-10(12)13/h2-4,10,14H,5-6H2,1H3. The fourth-order valence-electron chi connectivity index (χ4n) is 1.13. The third-order valence-corrected chi connectivity index (χ3v) is 2.64. The van der Waals surface area contributed by atoms with Crippen LogP contribution in [0.25, 0.3) is 0 Å². The van der Waals surface area contributed by atoms with Crippen LogP contribution in [0.1, 0.15) is 5.56 Å². The molecule has 0 spiro atoms. The topological polar surface area (TPSA) is 21.3 Å². The van der Waals surface area contributed by atoms with Crippen molar-refractivity contribution in [3.63, 3.8) is 0 Å². The summed E-state index contributed by atoms with van der Waals surface area (Å²) in [5, 5.41) is 2.66. The molecule has 0 amide bonds. The number of nitrogens with one attached hydrogen (secondary N) is 1. The summed E-state index contributed by atoms with van der Waals surface area (Å²) in [7, 11) is 1.57. The maximum Gasteiger partial charge on any atom is 0.250 e. The smallest absolute Gasteiger partial charge is 0.250 e. The molecule has 0 bridgehead atoms. The van der Waals surface area contributed by atoms with Crippen LogP contribution in [-0.2, 0) is 6.54 Å². The van der Waals surface area contributed by atoms with Gasteiger partial charge in [0.1, 0.15) is 5.75 Å². The second-order valence-corrected chi connectivity index (χ2v) is 3.83. The summed E-state index contributed by atoms with van der Waals surface area (Å²) in [6.07, 6.45) is -2.32. The molecule has 0 unspecified atom stereocenters. The van der Waals surface area contributed by atoms with Crippen molar-refractivity contribution < 1.29 is 13.5 Å². The second-order valence-electron chi connectivity index (χ2n) is 2.98. The van der Waals surface area contributed by atoms with Crippen molar-refractivity contribution in [2.45, 2.75) is 13.0 Å². The lowest BCUT2D eigenvalue weighted by molar-refractivity contribution is 0.145. The first-order chi connectivity index (χ1) is 7.13. The van der Waals surface area contributed by atoms with Gasteiger partial charge in [-0.15, -0.1) is 0 Å². The van der Waals surface area contributed by atoms with Gasteiger partial charge in [-0.25, -0.2) is 8.78 Å². The van der Waals surface area contributed by atoms with Gasteiger partial charge in [-0.3, -0.25) is 0 Å². The first-order valence-electron chi connectivity index (χ1n) is 4.44. The molecule has 5 heteroatoms. The lowest BCUT2D eigenvalue weighted by Crippen LogP contribution is -2.20. The Morgan fingerprint density at radius 3 is 2.80 bits per heavy atom. The van der Waals surface area contributed by atoms with Gasteiger partial charge in [-0.1, -0.05) is 15.9 Å². The van der Waals surface area contributed by atoms with E-state index in [4.69, 9.17) is 4.74 Å². The van der Waals surface area contributed by atoms with Crippen molar-refractivity contribution in [1.82, 2.24) is 5.32 Å². The number of hydrogen-bond donors (Lipinski definition) is 1. The molecule has 0 aliphatic rings. The molecule has 1 aromatic rings. The number of methoxy groups -OCH3 is 1. The van der Waals surface area contributed by atoms with Crippen molar-refractivity contribution in [2.24, 2.45) is 0 Å². The zero-order valence-corrected chi connectivity index (χ0v) is 9.85. The summed E-state index contributed by atoms with van der Waals surface area (Å²) in [6.45, 7) is 0.0891. The zero-order chi connectivity index (χ0) is 11.3. The van der Waals surface area contributed by atoms with Crippen molar-refractivity contribution in [2.75, 3.05) is 13.7 Å². The molecular formula is C10H12BrF2NO. The van der Waals surface area contributed by atoms with Crippen molar-refractivity contribution in [3.05, 3.63) is 28.2 Å². The molecule has 1 N–H and O–H groups in total. The molecule has 0 aromatic heterocycles. The van der Waals surface area contributed by atoms with Crippen LogP contribution < -0.4 is 10.1 Å². The van der Waals surface area contributed by atoms with E-state index in [-0.39, 0.29) is 6.54 Å². The van der Waals surface area contributed by atoms with Gasteiger partial charge >= 0.3 is 0 Å². The monoisotopic (exact) mass is 279 g/mol. The molecular weight excluding hydrogens is 268 g/mol. The van der Waals surface area contributed by atoms with E-state index in [1.165, 1.54) is 0 Å². The molecule has 0 aliphatic carbocycles. The van der Waals surface area contributed by atoms with E-state index in [1.54, 1.807) is 13.2 Å². The maximum atomic E-state index is 11.9. The highest BCUT2D eigenvalue weighted by atomic mass is 79.9. The molecule has 15 heavy (non-hydrogen) atoms. The quantitative estimate of drug-likeness (QED) is 0.895. The van der Waals surface area contributed by atoms with Gasteiger partial charge in [0.05, 0.1) is 13.7 Å². The van der Waals surface area contributed by atoms with Crippen LogP contribution >= 0.6 is 15.9 Å². The Morgan fingerprint density at radius 2 is 2.20 bits per heavy atom. The summed E-state index contributed by atoms with van der Waals surface area (Å²) in [5.41, 5.74) is 0.898. The van der Waals surface area contributed by atoms with Crippen LogP contribution in [0, 0.1) is 0 Å². The molecule has 0 atom stereocenters. The Bertz CT molecular complexity index is 320. The highest BCUT2D eigenvalue weighted by molar-refractivity contribution is 9.10. The summed E-state index contributed by atoms with van der Waals surface area (Å²) >= 11 is 3.34. The first-order valence-corrected chi connectivity index (χ1v) is 5.24. The Labute approximate surface area is 95.8 Å². The van der Waals surface area contributed by atoms with E-state index in [0.717, 1.165) is 10.0 Å². The third kappa shape index (κ3) is 4.13. The number of halogens is 3. The second kappa shape index (κ2) is 6.02. The van der Waals surface area contributed by atoms with E-state index in [1.807, 2.05) is 12.1 Å². The van der Waals surface area contributed by atoms with Crippen LogP contribution in [0.15, 0.2) is 22.7 Å². The van der Waals surface area contributed by atoms with Crippen LogP contribution in [0.2, 0.25) is 0 Å². The minimum absolute atomic E-state index is 0.302. The third-order valence-electron chi connectivity index (χ3n) is 1.87. The van der Waals surface area contributed by atoms with E-state index in [9.17, 15) is 8.78 Å². The number of rotatable bonds is 5. The van der Waals surface area contributed by atoms with Gasteiger partial charge in [-0.05, 0) is 23.8 Å². The number of alkyl halides is 2. The van der Waals surface area contributed by atoms with Crippen molar-refractivity contribution in [3.8, 4) is 5.75 Å². The van der Waals surface area contributed by atoms with Crippen molar-refractivity contribution >= 4 is 15.9 Å². The molecule has 0 aliphatic heterocycles. The van der Waals surface area contributed by atoms with Gasteiger partial charge in [0.2, 0.25) is 0 Å². The summed E-state index contributed by atoms with van der Waals surface area (Å²) < 4.78 is 29.7. The minimum atomic E-state index is -2.32. The molecule has 0 fully saturated rings. The van der Waals surface area contributed by atoms with Gasteiger partial charge < -0.3 is 10.1 Å². The number of benzene rings is 1. The predicted molar refractivity (Wildman–Crippen MR) is 58.4 cm³/mol. The van der Waals surface area contributed by atoms with Crippen LogP contribution in [0.3, 0.4) is 0 Å². The summed E-state index contributed by atoms with van der Waals surface area (Å²) in [4.78, 5) is 0. The number of ether oxygens (including phenoxy) is 1. The van der Waals surface area contributed by atoms with E-state index in [0.29, 0.717) is 12.3 Å². The Morgan fingerprint density at radius 1 is 1.47 bits per heavy atom. The lowest BCUT2D eigenvalue weighted by atomic mass is 10.2. The first kappa shape index (κ1) is 12.4.